The zero-order valence-electron chi connectivity index (χ0n) is 15.6. The van der Waals surface area contributed by atoms with Gasteiger partial charge in [0.25, 0.3) is 0 Å². The van der Waals surface area contributed by atoms with Gasteiger partial charge in [-0.15, -0.1) is 0 Å². The summed E-state index contributed by atoms with van der Waals surface area (Å²) in [6.07, 6.45) is 4.57. The molecular weight excluding hydrogens is 326 g/mol. The summed E-state index contributed by atoms with van der Waals surface area (Å²) >= 11 is 0. The van der Waals surface area contributed by atoms with Crippen LogP contribution in [0.15, 0.2) is 30.5 Å². The largest absolute Gasteiger partial charge is 0.375 e. The monoisotopic (exact) mass is 353 g/mol. The average molecular weight is 353 g/mol. The van der Waals surface area contributed by atoms with E-state index in [0.717, 1.165) is 37.4 Å². The average Bonchev–Trinajstić information content (AvgIpc) is 3.23. The number of rotatable bonds is 5. The first kappa shape index (κ1) is 17.3. The van der Waals surface area contributed by atoms with Crippen LogP contribution in [0.2, 0.25) is 0 Å². The molecule has 138 valence electrons. The number of amides is 1. The fraction of sp³-hybridized carbons (Fsp3) is 0.524. The number of hydrogen-bond donors (Lipinski definition) is 0. The lowest BCUT2D eigenvalue weighted by Gasteiger charge is -2.35. The number of benzene rings is 1. The highest BCUT2D eigenvalue weighted by Crippen LogP contribution is 2.31. The van der Waals surface area contributed by atoms with Gasteiger partial charge in [0.15, 0.2) is 0 Å². The Balaban J connectivity index is 1.41. The van der Waals surface area contributed by atoms with Gasteiger partial charge in [0.2, 0.25) is 5.91 Å². The first-order valence-electron chi connectivity index (χ1n) is 9.65. The molecule has 1 aromatic carbocycles. The number of nitrogens with zero attached hydrogens (tertiary/aromatic N) is 3. The summed E-state index contributed by atoms with van der Waals surface area (Å²) in [4.78, 5) is 19.6. The second kappa shape index (κ2) is 7.23. The fourth-order valence-corrected chi connectivity index (χ4v) is 4.38. The maximum Gasteiger partial charge on any atom is 0.223 e. The third-order valence-electron chi connectivity index (χ3n) is 5.75. The Morgan fingerprint density at radius 3 is 2.65 bits per heavy atom. The molecule has 2 heterocycles. The number of carbonyl (C=O) groups is 1. The quantitative estimate of drug-likeness (QED) is 0.830. The van der Waals surface area contributed by atoms with E-state index in [-0.39, 0.29) is 11.9 Å². The van der Waals surface area contributed by atoms with Crippen molar-refractivity contribution in [3.05, 3.63) is 53.1 Å². The highest BCUT2D eigenvalue weighted by Gasteiger charge is 2.32. The molecule has 0 radical (unpaired) electrons. The van der Waals surface area contributed by atoms with Crippen molar-refractivity contribution < 1.29 is 9.53 Å². The van der Waals surface area contributed by atoms with Crippen LogP contribution in [0.5, 0.6) is 0 Å². The molecule has 0 spiro atoms. The summed E-state index contributed by atoms with van der Waals surface area (Å²) in [5, 5.41) is 0. The standard InChI is InChI=1S/C21H27N3O2/c1-3-26-14-19-13-22-21-15(2)23(8-9-24(19)21)20(25)12-16-10-17-6-4-5-7-18(17)11-16/h4-7,13,15-16H,3,8-12,14H2,1-2H3. The van der Waals surface area contributed by atoms with Crippen LogP contribution in [0.1, 0.15) is 49.0 Å². The van der Waals surface area contributed by atoms with E-state index in [1.165, 1.54) is 11.1 Å². The molecule has 2 aromatic rings. The molecule has 1 aliphatic carbocycles. The van der Waals surface area contributed by atoms with Crippen LogP contribution in [-0.4, -0.2) is 33.5 Å². The number of imidazole rings is 1. The molecule has 0 saturated carbocycles. The first-order chi connectivity index (χ1) is 12.7. The highest BCUT2D eigenvalue weighted by atomic mass is 16.5. The lowest BCUT2D eigenvalue weighted by molar-refractivity contribution is -0.135. The van der Waals surface area contributed by atoms with E-state index in [4.69, 9.17) is 4.74 Å². The molecule has 0 bridgehead atoms. The number of fused-ring (bicyclic) bond motifs is 2. The van der Waals surface area contributed by atoms with Crippen molar-refractivity contribution in [1.82, 2.24) is 14.5 Å². The van der Waals surface area contributed by atoms with Crippen LogP contribution in [0, 0.1) is 5.92 Å². The van der Waals surface area contributed by atoms with E-state index in [0.29, 0.717) is 25.6 Å². The van der Waals surface area contributed by atoms with Gasteiger partial charge in [0.1, 0.15) is 5.82 Å². The maximum absolute atomic E-state index is 13.0. The summed E-state index contributed by atoms with van der Waals surface area (Å²) in [6.45, 7) is 6.93. The predicted octanol–water partition coefficient (Wildman–Crippen LogP) is 3.13. The van der Waals surface area contributed by atoms with Gasteiger partial charge in [-0.05, 0) is 43.7 Å². The van der Waals surface area contributed by atoms with E-state index in [1.54, 1.807) is 0 Å². The number of ether oxygens (including phenoxy) is 1. The van der Waals surface area contributed by atoms with Crippen molar-refractivity contribution in [1.29, 1.82) is 0 Å². The molecule has 0 fully saturated rings. The third kappa shape index (κ3) is 3.16. The zero-order valence-corrected chi connectivity index (χ0v) is 15.6. The molecule has 2 aliphatic rings. The van der Waals surface area contributed by atoms with E-state index < -0.39 is 0 Å². The lowest BCUT2D eigenvalue weighted by Crippen LogP contribution is -2.42. The molecule has 1 atom stereocenters. The van der Waals surface area contributed by atoms with Gasteiger partial charge in [-0.1, -0.05) is 24.3 Å². The Bertz CT molecular complexity index is 773. The molecule has 26 heavy (non-hydrogen) atoms. The van der Waals surface area contributed by atoms with E-state index in [1.807, 2.05) is 18.0 Å². The van der Waals surface area contributed by atoms with Crippen molar-refractivity contribution in [2.75, 3.05) is 13.2 Å². The molecule has 1 aromatic heterocycles. The molecule has 1 aliphatic heterocycles. The van der Waals surface area contributed by atoms with Crippen molar-refractivity contribution in [2.45, 2.75) is 52.3 Å². The summed E-state index contributed by atoms with van der Waals surface area (Å²) in [6, 6.07) is 8.60. The predicted molar refractivity (Wildman–Crippen MR) is 99.6 cm³/mol. The molecule has 0 N–H and O–H groups in total. The summed E-state index contributed by atoms with van der Waals surface area (Å²) in [7, 11) is 0. The molecule has 5 nitrogen and oxygen atoms in total. The van der Waals surface area contributed by atoms with Crippen molar-refractivity contribution >= 4 is 5.91 Å². The molecule has 5 heteroatoms. The van der Waals surface area contributed by atoms with Gasteiger partial charge in [-0.2, -0.15) is 0 Å². The summed E-state index contributed by atoms with van der Waals surface area (Å²) in [5.74, 6) is 1.67. The van der Waals surface area contributed by atoms with Crippen LogP contribution < -0.4 is 0 Å². The van der Waals surface area contributed by atoms with Crippen LogP contribution in [0.3, 0.4) is 0 Å². The molecule has 1 amide bonds. The van der Waals surface area contributed by atoms with Crippen LogP contribution in [-0.2, 0) is 35.5 Å². The van der Waals surface area contributed by atoms with Crippen molar-refractivity contribution in [2.24, 2.45) is 5.92 Å². The zero-order chi connectivity index (χ0) is 18.1. The fourth-order valence-electron chi connectivity index (χ4n) is 4.38. The SMILES string of the molecule is CCOCc1cnc2n1CCN(C(=O)CC1Cc3ccccc3C1)C2C. The van der Waals surface area contributed by atoms with Crippen LogP contribution in [0.25, 0.3) is 0 Å². The first-order valence-corrected chi connectivity index (χ1v) is 9.65. The van der Waals surface area contributed by atoms with Gasteiger partial charge in [-0.25, -0.2) is 4.98 Å². The van der Waals surface area contributed by atoms with Crippen LogP contribution >= 0.6 is 0 Å². The molecule has 0 saturated heterocycles. The van der Waals surface area contributed by atoms with Gasteiger partial charge in [0, 0.05) is 26.1 Å². The van der Waals surface area contributed by atoms with E-state index in [9.17, 15) is 4.79 Å². The Morgan fingerprint density at radius 2 is 1.96 bits per heavy atom. The van der Waals surface area contributed by atoms with Gasteiger partial charge in [0.05, 0.1) is 24.5 Å². The number of aromatic nitrogens is 2. The Hall–Kier alpha value is -2.14. The van der Waals surface area contributed by atoms with Gasteiger partial charge >= 0.3 is 0 Å². The summed E-state index contributed by atoms with van der Waals surface area (Å²) < 4.78 is 7.75. The molecule has 1 unspecified atom stereocenters. The van der Waals surface area contributed by atoms with Crippen molar-refractivity contribution in [3.8, 4) is 0 Å². The summed E-state index contributed by atoms with van der Waals surface area (Å²) in [5.41, 5.74) is 3.92. The van der Waals surface area contributed by atoms with E-state index >= 15 is 0 Å². The third-order valence-corrected chi connectivity index (χ3v) is 5.75. The number of hydrogen-bond acceptors (Lipinski definition) is 3. The smallest absolute Gasteiger partial charge is 0.223 e. The van der Waals surface area contributed by atoms with Gasteiger partial charge < -0.3 is 14.2 Å². The van der Waals surface area contributed by atoms with Gasteiger partial charge in [-0.3, -0.25) is 4.79 Å². The second-order valence-corrected chi connectivity index (χ2v) is 7.41. The normalized spacial score (nSPS) is 19.5. The lowest BCUT2D eigenvalue weighted by atomic mass is 10.0. The minimum absolute atomic E-state index is 0.0235. The van der Waals surface area contributed by atoms with Crippen molar-refractivity contribution in [3.63, 3.8) is 0 Å². The minimum Gasteiger partial charge on any atom is -0.375 e. The van der Waals surface area contributed by atoms with Crippen LogP contribution in [0.4, 0.5) is 0 Å². The maximum atomic E-state index is 13.0. The number of carbonyl (C=O) groups excluding carboxylic acids is 1. The Morgan fingerprint density at radius 1 is 1.23 bits per heavy atom. The molecular formula is C21H27N3O2. The topological polar surface area (TPSA) is 47.4 Å². The highest BCUT2D eigenvalue weighted by molar-refractivity contribution is 5.77. The van der Waals surface area contributed by atoms with E-state index in [2.05, 4.69) is 40.7 Å². The molecule has 4 rings (SSSR count). The minimum atomic E-state index is 0.0235. The Kier molecular flexibility index (Phi) is 4.81. The second-order valence-electron chi connectivity index (χ2n) is 7.41. The Labute approximate surface area is 155 Å².